The second-order valence-electron chi connectivity index (χ2n) is 5.24. The van der Waals surface area contributed by atoms with Crippen molar-refractivity contribution >= 4 is 43.4 Å². The zero-order valence-corrected chi connectivity index (χ0v) is 12.8. The molecule has 5 heteroatoms. The van der Waals surface area contributed by atoms with Crippen molar-refractivity contribution in [3.8, 4) is 0 Å². The quantitative estimate of drug-likeness (QED) is 0.661. The van der Waals surface area contributed by atoms with Crippen LogP contribution in [0, 0.1) is 0 Å². The fourth-order valence-corrected chi connectivity index (χ4v) is 4.50. The molecule has 0 radical (unpaired) electrons. The summed E-state index contributed by atoms with van der Waals surface area (Å²) < 4.78 is 0.972. The van der Waals surface area contributed by atoms with Crippen LogP contribution in [-0.4, -0.2) is 15.0 Å². The highest BCUT2D eigenvalue weighted by atomic mass is 35.5. The standard InChI is InChI=1S/C15H14ClN3S/c1-2-4-10-8-5-3-6-9(8)11-12-13(20-15(11)19-10)14(16)18-7-17-12/h7H,2-6H2,1H3. The average Bonchev–Trinajstić information content (AvgIpc) is 3.03. The minimum Gasteiger partial charge on any atom is -0.242 e. The minimum atomic E-state index is 0.543. The number of hydrogen-bond donors (Lipinski definition) is 0. The van der Waals surface area contributed by atoms with Crippen molar-refractivity contribution in [3.05, 3.63) is 28.3 Å². The molecular formula is C15H14ClN3S. The summed E-state index contributed by atoms with van der Waals surface area (Å²) in [6.07, 6.45) is 7.27. The summed E-state index contributed by atoms with van der Waals surface area (Å²) in [5.41, 5.74) is 5.19. The van der Waals surface area contributed by atoms with E-state index in [4.69, 9.17) is 16.6 Å². The van der Waals surface area contributed by atoms with Gasteiger partial charge in [0.15, 0.2) is 0 Å². The van der Waals surface area contributed by atoms with Gasteiger partial charge in [0.2, 0.25) is 0 Å². The Morgan fingerprint density at radius 1 is 1.25 bits per heavy atom. The molecule has 4 rings (SSSR count). The number of pyridine rings is 1. The summed E-state index contributed by atoms with van der Waals surface area (Å²) >= 11 is 7.84. The number of aryl methyl sites for hydroxylation is 2. The van der Waals surface area contributed by atoms with Gasteiger partial charge < -0.3 is 0 Å². The summed E-state index contributed by atoms with van der Waals surface area (Å²) in [7, 11) is 0. The number of halogens is 1. The molecule has 0 spiro atoms. The van der Waals surface area contributed by atoms with E-state index in [1.807, 2.05) is 0 Å². The lowest BCUT2D eigenvalue weighted by Crippen LogP contribution is -1.98. The van der Waals surface area contributed by atoms with E-state index in [0.717, 1.165) is 40.7 Å². The number of rotatable bonds is 2. The van der Waals surface area contributed by atoms with E-state index in [1.54, 1.807) is 17.7 Å². The fraction of sp³-hybridized carbons (Fsp3) is 0.400. The maximum atomic E-state index is 6.21. The Labute approximate surface area is 126 Å². The van der Waals surface area contributed by atoms with Gasteiger partial charge in [0.1, 0.15) is 16.3 Å². The molecule has 3 nitrogen and oxygen atoms in total. The van der Waals surface area contributed by atoms with Crippen LogP contribution >= 0.6 is 22.9 Å². The van der Waals surface area contributed by atoms with Gasteiger partial charge in [0, 0.05) is 11.1 Å². The molecule has 0 atom stereocenters. The smallest absolute Gasteiger partial charge is 0.150 e. The lowest BCUT2D eigenvalue weighted by Gasteiger charge is -2.08. The molecule has 1 aliphatic rings. The van der Waals surface area contributed by atoms with Gasteiger partial charge in [-0.3, -0.25) is 0 Å². The molecule has 102 valence electrons. The van der Waals surface area contributed by atoms with E-state index in [9.17, 15) is 0 Å². The first-order valence-electron chi connectivity index (χ1n) is 7.03. The Balaban J connectivity index is 2.14. The highest BCUT2D eigenvalue weighted by Crippen LogP contribution is 2.41. The van der Waals surface area contributed by atoms with Gasteiger partial charge in [-0.15, -0.1) is 11.3 Å². The number of hydrogen-bond acceptors (Lipinski definition) is 4. The first-order chi connectivity index (χ1) is 9.79. The predicted molar refractivity (Wildman–Crippen MR) is 83.7 cm³/mol. The molecule has 3 heterocycles. The second kappa shape index (κ2) is 4.64. The molecule has 0 aromatic carbocycles. The van der Waals surface area contributed by atoms with E-state index >= 15 is 0 Å². The van der Waals surface area contributed by atoms with Crippen LogP contribution in [0.1, 0.15) is 36.6 Å². The van der Waals surface area contributed by atoms with E-state index in [-0.39, 0.29) is 0 Å². The number of nitrogens with zero attached hydrogens (tertiary/aromatic N) is 3. The Kier molecular flexibility index (Phi) is 2.89. The first kappa shape index (κ1) is 12.5. The van der Waals surface area contributed by atoms with Crippen molar-refractivity contribution < 1.29 is 0 Å². The zero-order valence-electron chi connectivity index (χ0n) is 11.2. The maximum Gasteiger partial charge on any atom is 0.150 e. The normalized spacial score (nSPS) is 14.3. The van der Waals surface area contributed by atoms with E-state index < -0.39 is 0 Å². The molecule has 20 heavy (non-hydrogen) atoms. The predicted octanol–water partition coefficient (Wildman–Crippen LogP) is 4.33. The van der Waals surface area contributed by atoms with Crippen molar-refractivity contribution in [3.63, 3.8) is 0 Å². The Morgan fingerprint density at radius 2 is 2.10 bits per heavy atom. The molecule has 1 aliphatic carbocycles. The zero-order chi connectivity index (χ0) is 13.7. The molecule has 0 fully saturated rings. The van der Waals surface area contributed by atoms with Crippen molar-refractivity contribution in [2.45, 2.75) is 39.0 Å². The molecule has 0 saturated heterocycles. The van der Waals surface area contributed by atoms with Crippen molar-refractivity contribution in [1.29, 1.82) is 0 Å². The van der Waals surface area contributed by atoms with Gasteiger partial charge in [-0.1, -0.05) is 24.9 Å². The second-order valence-corrected chi connectivity index (χ2v) is 6.60. The summed E-state index contributed by atoms with van der Waals surface area (Å²) in [5.74, 6) is 0. The highest BCUT2D eigenvalue weighted by molar-refractivity contribution is 7.26. The molecule has 0 N–H and O–H groups in total. The first-order valence-corrected chi connectivity index (χ1v) is 8.22. The third kappa shape index (κ3) is 1.68. The van der Waals surface area contributed by atoms with Gasteiger partial charge in [0.25, 0.3) is 0 Å². The van der Waals surface area contributed by atoms with Gasteiger partial charge in [-0.05, 0) is 36.8 Å². The third-order valence-electron chi connectivity index (χ3n) is 4.00. The monoisotopic (exact) mass is 303 g/mol. The van der Waals surface area contributed by atoms with Crippen LogP contribution in [0.4, 0.5) is 0 Å². The Hall–Kier alpha value is -1.26. The van der Waals surface area contributed by atoms with Crippen LogP contribution in [0.3, 0.4) is 0 Å². The maximum absolute atomic E-state index is 6.21. The lowest BCUT2D eigenvalue weighted by atomic mass is 10.0. The van der Waals surface area contributed by atoms with Crippen LogP contribution in [-0.2, 0) is 19.3 Å². The molecule has 0 amide bonds. The van der Waals surface area contributed by atoms with Crippen LogP contribution in [0.2, 0.25) is 5.15 Å². The van der Waals surface area contributed by atoms with Crippen LogP contribution in [0.15, 0.2) is 6.33 Å². The SMILES string of the molecule is CCCc1nc2sc3c(Cl)ncnc3c2c2c1CCC2. The summed E-state index contributed by atoms with van der Waals surface area (Å²) in [6.45, 7) is 2.21. The summed E-state index contributed by atoms with van der Waals surface area (Å²) in [5, 5.41) is 1.77. The van der Waals surface area contributed by atoms with Crippen molar-refractivity contribution in [1.82, 2.24) is 15.0 Å². The van der Waals surface area contributed by atoms with Crippen molar-refractivity contribution in [2.24, 2.45) is 0 Å². The van der Waals surface area contributed by atoms with E-state index in [0.29, 0.717) is 5.15 Å². The molecular weight excluding hydrogens is 290 g/mol. The number of aromatic nitrogens is 3. The molecule has 0 unspecified atom stereocenters. The van der Waals surface area contributed by atoms with Crippen LogP contribution in [0.5, 0.6) is 0 Å². The number of thiophene rings is 1. The average molecular weight is 304 g/mol. The highest BCUT2D eigenvalue weighted by Gasteiger charge is 2.23. The van der Waals surface area contributed by atoms with Crippen molar-refractivity contribution in [2.75, 3.05) is 0 Å². The van der Waals surface area contributed by atoms with E-state index in [2.05, 4.69) is 16.9 Å². The fourth-order valence-electron chi connectivity index (χ4n) is 3.19. The van der Waals surface area contributed by atoms with E-state index in [1.165, 1.54) is 28.6 Å². The van der Waals surface area contributed by atoms with Crippen LogP contribution in [0.25, 0.3) is 20.4 Å². The molecule has 0 aliphatic heterocycles. The molecule has 3 aromatic rings. The molecule has 0 saturated carbocycles. The van der Waals surface area contributed by atoms with Gasteiger partial charge in [-0.2, -0.15) is 0 Å². The van der Waals surface area contributed by atoms with Gasteiger partial charge >= 0.3 is 0 Å². The molecule has 0 bridgehead atoms. The van der Waals surface area contributed by atoms with Crippen LogP contribution < -0.4 is 0 Å². The minimum absolute atomic E-state index is 0.543. The third-order valence-corrected chi connectivity index (χ3v) is 5.48. The number of fused-ring (bicyclic) bond motifs is 5. The summed E-state index contributed by atoms with van der Waals surface area (Å²) in [6, 6.07) is 0. The topological polar surface area (TPSA) is 38.7 Å². The Bertz CT molecular complexity index is 825. The van der Waals surface area contributed by atoms with Gasteiger partial charge in [-0.25, -0.2) is 15.0 Å². The molecule has 3 aromatic heterocycles. The summed E-state index contributed by atoms with van der Waals surface area (Å²) in [4.78, 5) is 14.5. The van der Waals surface area contributed by atoms with Gasteiger partial charge in [0.05, 0.1) is 10.2 Å². The largest absolute Gasteiger partial charge is 0.242 e. The Morgan fingerprint density at radius 3 is 2.95 bits per heavy atom. The lowest BCUT2D eigenvalue weighted by molar-refractivity contribution is 0.856.